The molecule has 0 amide bonds. The average molecular weight is 127 g/mol. The summed E-state index contributed by atoms with van der Waals surface area (Å²) in [5, 5.41) is 7.06. The van der Waals surface area contributed by atoms with Crippen LogP contribution in [0.2, 0.25) is 0 Å². The lowest BCUT2D eigenvalue weighted by atomic mass is 10.2. The van der Waals surface area contributed by atoms with Crippen molar-refractivity contribution >= 4 is 0 Å². The number of aryl methyl sites for hydroxylation is 1. The van der Waals surface area contributed by atoms with E-state index in [1.54, 1.807) is 6.20 Å². The fourth-order valence-corrected chi connectivity index (χ4v) is 0.577. The van der Waals surface area contributed by atoms with Gasteiger partial charge in [0, 0.05) is 0 Å². The van der Waals surface area contributed by atoms with Crippen molar-refractivity contribution in [2.75, 3.05) is 6.54 Å². The maximum absolute atomic E-state index is 5.27. The molecular formula is C5H9N3O. The fraction of sp³-hybridized carbons (Fsp3) is 0.600. The van der Waals surface area contributed by atoms with Crippen molar-refractivity contribution in [3.8, 4) is 0 Å². The summed E-state index contributed by atoms with van der Waals surface area (Å²) in [6, 6.07) is 0. The number of nitrogens with two attached hydrogens (primary N) is 1. The van der Waals surface area contributed by atoms with E-state index < -0.39 is 0 Å². The van der Waals surface area contributed by atoms with Crippen molar-refractivity contribution in [3.63, 3.8) is 0 Å². The lowest BCUT2D eigenvalue weighted by Gasteiger charge is -1.87. The molecule has 0 spiro atoms. The van der Waals surface area contributed by atoms with Gasteiger partial charge in [-0.05, 0) is 19.4 Å². The zero-order valence-electron chi connectivity index (χ0n) is 5.08. The molecule has 4 heteroatoms. The quantitative estimate of drug-likeness (QED) is 0.618. The highest BCUT2D eigenvalue weighted by Crippen LogP contribution is 1.93. The SMILES string of the molecule is NCCCc1cnon1. The predicted molar refractivity (Wildman–Crippen MR) is 31.7 cm³/mol. The molecule has 1 heterocycles. The van der Waals surface area contributed by atoms with Crippen LogP contribution in [0.3, 0.4) is 0 Å². The van der Waals surface area contributed by atoms with Crippen molar-refractivity contribution in [3.05, 3.63) is 11.9 Å². The van der Waals surface area contributed by atoms with E-state index in [1.165, 1.54) is 0 Å². The molecule has 9 heavy (non-hydrogen) atoms. The van der Waals surface area contributed by atoms with E-state index in [2.05, 4.69) is 14.9 Å². The smallest absolute Gasteiger partial charge is 0.105 e. The Balaban J connectivity index is 2.30. The predicted octanol–water partition coefficient (Wildman–Crippen LogP) is -0.0391. The van der Waals surface area contributed by atoms with Gasteiger partial charge in [-0.25, -0.2) is 4.63 Å². The van der Waals surface area contributed by atoms with Crippen LogP contribution in [0, 0.1) is 0 Å². The lowest BCUT2D eigenvalue weighted by molar-refractivity contribution is 0.303. The van der Waals surface area contributed by atoms with Gasteiger partial charge in [0.15, 0.2) is 0 Å². The summed E-state index contributed by atoms with van der Waals surface area (Å²) < 4.78 is 4.37. The molecule has 50 valence electrons. The van der Waals surface area contributed by atoms with Gasteiger partial charge in [0.25, 0.3) is 0 Å². The summed E-state index contributed by atoms with van der Waals surface area (Å²) in [4.78, 5) is 0. The third-order valence-electron chi connectivity index (χ3n) is 1.04. The summed E-state index contributed by atoms with van der Waals surface area (Å²) in [7, 11) is 0. The minimum atomic E-state index is 0.687. The lowest BCUT2D eigenvalue weighted by Crippen LogP contribution is -2.00. The zero-order valence-corrected chi connectivity index (χ0v) is 5.08. The monoisotopic (exact) mass is 127 g/mol. The topological polar surface area (TPSA) is 64.9 Å². The van der Waals surface area contributed by atoms with Crippen LogP contribution in [0.1, 0.15) is 12.1 Å². The van der Waals surface area contributed by atoms with Gasteiger partial charge in [-0.15, -0.1) is 0 Å². The van der Waals surface area contributed by atoms with Gasteiger partial charge < -0.3 is 5.73 Å². The molecule has 4 nitrogen and oxygen atoms in total. The molecule has 0 fully saturated rings. The summed E-state index contributed by atoms with van der Waals surface area (Å²) >= 11 is 0. The van der Waals surface area contributed by atoms with E-state index in [0.717, 1.165) is 18.5 Å². The summed E-state index contributed by atoms with van der Waals surface area (Å²) in [6.45, 7) is 0.687. The molecule has 0 aliphatic heterocycles. The standard InChI is InChI=1S/C5H9N3O/c6-3-1-2-5-4-7-9-8-5/h4H,1-3,6H2. The number of rotatable bonds is 3. The minimum absolute atomic E-state index is 0.687. The van der Waals surface area contributed by atoms with E-state index in [9.17, 15) is 0 Å². The third-order valence-corrected chi connectivity index (χ3v) is 1.04. The molecule has 0 atom stereocenters. The van der Waals surface area contributed by atoms with E-state index >= 15 is 0 Å². The first kappa shape index (κ1) is 6.22. The van der Waals surface area contributed by atoms with Crippen LogP contribution in [0.4, 0.5) is 0 Å². The number of hydrogen-bond acceptors (Lipinski definition) is 4. The Morgan fingerprint density at radius 2 is 2.56 bits per heavy atom. The first-order valence-electron chi connectivity index (χ1n) is 2.90. The molecular weight excluding hydrogens is 118 g/mol. The molecule has 0 saturated carbocycles. The molecule has 0 aliphatic rings. The van der Waals surface area contributed by atoms with Gasteiger partial charge in [-0.1, -0.05) is 10.3 Å². The first-order chi connectivity index (χ1) is 4.43. The summed E-state index contributed by atoms with van der Waals surface area (Å²) in [6.07, 6.45) is 3.41. The van der Waals surface area contributed by atoms with Crippen LogP contribution < -0.4 is 5.73 Å². The molecule has 1 rings (SSSR count). The van der Waals surface area contributed by atoms with Crippen molar-refractivity contribution in [1.82, 2.24) is 10.3 Å². The van der Waals surface area contributed by atoms with Gasteiger partial charge in [-0.3, -0.25) is 0 Å². The Morgan fingerprint density at radius 1 is 1.67 bits per heavy atom. The fourth-order valence-electron chi connectivity index (χ4n) is 0.577. The van der Waals surface area contributed by atoms with Crippen molar-refractivity contribution in [2.45, 2.75) is 12.8 Å². The number of hydrogen-bond donors (Lipinski definition) is 1. The second-order valence-electron chi connectivity index (χ2n) is 1.79. The molecule has 0 radical (unpaired) electrons. The molecule has 1 aromatic heterocycles. The molecule has 1 aromatic rings. The van der Waals surface area contributed by atoms with Crippen molar-refractivity contribution in [2.24, 2.45) is 5.73 Å². The Labute approximate surface area is 53.0 Å². The van der Waals surface area contributed by atoms with E-state index in [1.807, 2.05) is 0 Å². The van der Waals surface area contributed by atoms with Gasteiger partial charge in [-0.2, -0.15) is 0 Å². The van der Waals surface area contributed by atoms with Crippen LogP contribution in [0.25, 0.3) is 0 Å². The van der Waals surface area contributed by atoms with Gasteiger partial charge in [0.1, 0.15) is 5.69 Å². The average Bonchev–Trinajstić information content (AvgIpc) is 2.34. The van der Waals surface area contributed by atoms with E-state index in [0.29, 0.717) is 6.54 Å². The normalized spacial score (nSPS) is 9.89. The minimum Gasteiger partial charge on any atom is -0.330 e. The highest BCUT2D eigenvalue weighted by atomic mass is 16.6. The number of aromatic nitrogens is 2. The van der Waals surface area contributed by atoms with Crippen LogP contribution in [-0.4, -0.2) is 16.9 Å². The third kappa shape index (κ3) is 1.81. The van der Waals surface area contributed by atoms with Gasteiger partial charge in [0.05, 0.1) is 6.20 Å². The van der Waals surface area contributed by atoms with Crippen LogP contribution in [0.15, 0.2) is 10.8 Å². The van der Waals surface area contributed by atoms with Gasteiger partial charge in [0.2, 0.25) is 0 Å². The summed E-state index contributed by atoms with van der Waals surface area (Å²) in [5.74, 6) is 0. The Bertz CT molecular complexity index is 149. The largest absolute Gasteiger partial charge is 0.330 e. The number of nitrogens with zero attached hydrogens (tertiary/aromatic N) is 2. The second-order valence-corrected chi connectivity index (χ2v) is 1.79. The van der Waals surface area contributed by atoms with Crippen LogP contribution in [-0.2, 0) is 6.42 Å². The Hall–Kier alpha value is -0.900. The highest BCUT2D eigenvalue weighted by Gasteiger charge is 1.94. The highest BCUT2D eigenvalue weighted by molar-refractivity contribution is 4.88. The molecule has 0 unspecified atom stereocenters. The molecule has 0 saturated heterocycles. The maximum atomic E-state index is 5.27. The first-order valence-corrected chi connectivity index (χ1v) is 2.90. The summed E-state index contributed by atoms with van der Waals surface area (Å²) in [5.41, 5.74) is 6.14. The second kappa shape index (κ2) is 3.19. The Kier molecular flexibility index (Phi) is 2.21. The van der Waals surface area contributed by atoms with Crippen LogP contribution in [0.5, 0.6) is 0 Å². The van der Waals surface area contributed by atoms with E-state index in [-0.39, 0.29) is 0 Å². The Morgan fingerprint density at radius 3 is 3.11 bits per heavy atom. The van der Waals surface area contributed by atoms with E-state index in [4.69, 9.17) is 5.73 Å². The maximum Gasteiger partial charge on any atom is 0.105 e. The molecule has 0 aromatic carbocycles. The molecule has 0 aliphatic carbocycles. The van der Waals surface area contributed by atoms with Crippen molar-refractivity contribution in [1.29, 1.82) is 0 Å². The van der Waals surface area contributed by atoms with Crippen LogP contribution >= 0.6 is 0 Å². The van der Waals surface area contributed by atoms with Crippen molar-refractivity contribution < 1.29 is 4.63 Å². The molecule has 0 bridgehead atoms. The zero-order chi connectivity index (χ0) is 6.53. The molecule has 2 N–H and O–H groups in total. The van der Waals surface area contributed by atoms with Gasteiger partial charge >= 0.3 is 0 Å².